The molecule has 2 heteroatoms. The first-order valence-electron chi connectivity index (χ1n) is 5.10. The summed E-state index contributed by atoms with van der Waals surface area (Å²) in [5.41, 5.74) is 0. The molecule has 0 aliphatic rings. The van der Waals surface area contributed by atoms with E-state index in [1.807, 2.05) is 0 Å². The number of aliphatic hydroxyl groups is 1. The predicted molar refractivity (Wildman–Crippen MR) is 49.6 cm³/mol. The Kier molecular flexibility index (Phi) is 10.8. The third kappa shape index (κ3) is 9.92. The van der Waals surface area contributed by atoms with Crippen LogP contribution in [-0.2, 0) is 5.11 Å². The van der Waals surface area contributed by atoms with Gasteiger partial charge in [0.1, 0.15) is 0 Å². The van der Waals surface area contributed by atoms with Crippen LogP contribution in [0.4, 0.5) is 0 Å². The molecular weight excluding hydrogens is 152 g/mol. The first kappa shape index (κ1) is 11.9. The first-order chi connectivity index (χ1) is 5.91. The van der Waals surface area contributed by atoms with Crippen molar-refractivity contribution in [2.75, 3.05) is 13.2 Å². The normalized spacial score (nSPS) is 10.5. The van der Waals surface area contributed by atoms with Gasteiger partial charge in [0.15, 0.2) is 0 Å². The predicted octanol–water partition coefficient (Wildman–Crippen LogP) is 2.53. The van der Waals surface area contributed by atoms with Crippen molar-refractivity contribution in [3.63, 3.8) is 0 Å². The summed E-state index contributed by atoms with van der Waals surface area (Å²) in [6.45, 7) is 0.417. The molecule has 0 bridgehead atoms. The van der Waals surface area contributed by atoms with Gasteiger partial charge < -0.3 is 5.11 Å². The largest absolute Gasteiger partial charge is 0.396 e. The highest BCUT2D eigenvalue weighted by Gasteiger charge is 1.90. The summed E-state index contributed by atoms with van der Waals surface area (Å²) < 4.78 is 0. The van der Waals surface area contributed by atoms with Crippen molar-refractivity contribution >= 4 is 0 Å². The summed E-state index contributed by atoms with van der Waals surface area (Å²) in [7, 11) is 0. The fourth-order valence-electron chi connectivity index (χ4n) is 1.27. The minimum absolute atomic E-state index is 0.0878. The van der Waals surface area contributed by atoms with Crippen LogP contribution in [0.25, 0.3) is 0 Å². The maximum atomic E-state index is 10.1. The summed E-state index contributed by atoms with van der Waals surface area (Å²) >= 11 is 0. The Hall–Kier alpha value is -0.0800. The van der Waals surface area contributed by atoms with Crippen molar-refractivity contribution in [2.24, 2.45) is 0 Å². The molecule has 0 aromatic rings. The standard InChI is InChI=1S/C10H21O2/c11-9-7-5-3-1-2-4-6-8-10-12/h11H,1-10H2. The molecule has 0 saturated carbocycles. The molecule has 0 saturated heterocycles. The number of aliphatic hydroxyl groups excluding tert-OH is 1. The van der Waals surface area contributed by atoms with E-state index in [4.69, 9.17) is 5.11 Å². The minimum Gasteiger partial charge on any atom is -0.396 e. The van der Waals surface area contributed by atoms with Gasteiger partial charge in [-0.1, -0.05) is 38.5 Å². The molecule has 0 rings (SSSR count). The molecule has 0 unspecified atom stereocenters. The highest BCUT2D eigenvalue weighted by Crippen LogP contribution is 2.07. The van der Waals surface area contributed by atoms with Gasteiger partial charge >= 0.3 is 0 Å². The maximum Gasteiger partial charge on any atom is 0.0822 e. The molecule has 1 radical (unpaired) electrons. The highest BCUT2D eigenvalue weighted by molar-refractivity contribution is 4.45. The Morgan fingerprint density at radius 1 is 0.667 bits per heavy atom. The highest BCUT2D eigenvalue weighted by atomic mass is 16.3. The van der Waals surface area contributed by atoms with Gasteiger partial charge in [-0.05, 0) is 12.8 Å². The first-order valence-corrected chi connectivity index (χ1v) is 5.10. The Balaban J connectivity index is 2.73. The third-order valence-corrected chi connectivity index (χ3v) is 2.05. The van der Waals surface area contributed by atoms with Crippen LogP contribution in [0.3, 0.4) is 0 Å². The molecule has 73 valence electrons. The summed E-state index contributed by atoms with van der Waals surface area (Å²) in [6, 6.07) is 0. The Bertz CT molecular complexity index is 64.2. The summed E-state index contributed by atoms with van der Waals surface area (Å²) in [4.78, 5) is 0. The SMILES string of the molecule is [O]CCCCCCCCCCO. The van der Waals surface area contributed by atoms with Gasteiger partial charge in [-0.2, -0.15) is 0 Å². The van der Waals surface area contributed by atoms with E-state index in [0.29, 0.717) is 6.61 Å². The fraction of sp³-hybridized carbons (Fsp3) is 1.00. The average Bonchev–Trinajstić information content (AvgIpc) is 2.10. The second kappa shape index (κ2) is 10.9. The van der Waals surface area contributed by atoms with E-state index >= 15 is 0 Å². The lowest BCUT2D eigenvalue weighted by Gasteiger charge is -1.99. The van der Waals surface area contributed by atoms with E-state index in [0.717, 1.165) is 25.7 Å². The lowest BCUT2D eigenvalue weighted by Crippen LogP contribution is -1.85. The number of unbranched alkanes of at least 4 members (excludes halogenated alkanes) is 7. The van der Waals surface area contributed by atoms with Crippen molar-refractivity contribution in [1.29, 1.82) is 0 Å². The summed E-state index contributed by atoms with van der Waals surface area (Å²) in [5, 5.41) is 18.6. The Morgan fingerprint density at radius 3 is 1.50 bits per heavy atom. The van der Waals surface area contributed by atoms with Crippen LogP contribution < -0.4 is 0 Å². The molecule has 0 spiro atoms. The Labute approximate surface area is 75.6 Å². The topological polar surface area (TPSA) is 40.1 Å². The van der Waals surface area contributed by atoms with E-state index < -0.39 is 0 Å². The van der Waals surface area contributed by atoms with Crippen molar-refractivity contribution in [2.45, 2.75) is 51.4 Å². The molecule has 0 aromatic carbocycles. The summed E-state index contributed by atoms with van der Waals surface area (Å²) in [6.07, 6.45) is 9.00. The number of hydrogen-bond acceptors (Lipinski definition) is 1. The van der Waals surface area contributed by atoms with Gasteiger partial charge in [0.05, 0.1) is 6.61 Å². The van der Waals surface area contributed by atoms with Gasteiger partial charge in [0, 0.05) is 6.61 Å². The van der Waals surface area contributed by atoms with Crippen LogP contribution in [-0.4, -0.2) is 18.3 Å². The van der Waals surface area contributed by atoms with Crippen molar-refractivity contribution < 1.29 is 10.2 Å². The van der Waals surface area contributed by atoms with E-state index in [1.54, 1.807) is 0 Å². The molecular formula is C10H21O2. The fourth-order valence-corrected chi connectivity index (χ4v) is 1.27. The smallest absolute Gasteiger partial charge is 0.0822 e. The van der Waals surface area contributed by atoms with Crippen LogP contribution >= 0.6 is 0 Å². The van der Waals surface area contributed by atoms with Gasteiger partial charge in [-0.25, -0.2) is 5.11 Å². The second-order valence-corrected chi connectivity index (χ2v) is 3.26. The molecule has 0 aliphatic carbocycles. The van der Waals surface area contributed by atoms with E-state index in [-0.39, 0.29) is 6.61 Å². The van der Waals surface area contributed by atoms with E-state index in [9.17, 15) is 5.11 Å². The van der Waals surface area contributed by atoms with Crippen molar-refractivity contribution in [3.8, 4) is 0 Å². The Morgan fingerprint density at radius 2 is 1.08 bits per heavy atom. The van der Waals surface area contributed by atoms with E-state index in [2.05, 4.69) is 0 Å². The molecule has 0 heterocycles. The van der Waals surface area contributed by atoms with Gasteiger partial charge in [0.2, 0.25) is 0 Å². The molecule has 0 atom stereocenters. The molecule has 0 fully saturated rings. The molecule has 2 nitrogen and oxygen atoms in total. The van der Waals surface area contributed by atoms with Crippen molar-refractivity contribution in [1.82, 2.24) is 0 Å². The number of hydrogen-bond donors (Lipinski definition) is 1. The maximum absolute atomic E-state index is 10.1. The zero-order valence-electron chi connectivity index (χ0n) is 7.93. The van der Waals surface area contributed by atoms with Crippen LogP contribution in [0.5, 0.6) is 0 Å². The zero-order valence-corrected chi connectivity index (χ0v) is 7.93. The molecule has 0 aliphatic heterocycles. The summed E-state index contributed by atoms with van der Waals surface area (Å²) in [5.74, 6) is 0. The lowest BCUT2D eigenvalue weighted by molar-refractivity contribution is 0.186. The minimum atomic E-state index is 0.0878. The van der Waals surface area contributed by atoms with Crippen molar-refractivity contribution in [3.05, 3.63) is 0 Å². The van der Waals surface area contributed by atoms with Crippen LogP contribution in [0, 0.1) is 0 Å². The number of rotatable bonds is 9. The average molecular weight is 173 g/mol. The zero-order chi connectivity index (χ0) is 9.07. The van der Waals surface area contributed by atoms with Crippen LogP contribution in [0.1, 0.15) is 51.4 Å². The van der Waals surface area contributed by atoms with E-state index in [1.165, 1.54) is 25.7 Å². The van der Waals surface area contributed by atoms with Gasteiger partial charge in [-0.15, -0.1) is 0 Å². The molecule has 1 N–H and O–H groups in total. The lowest BCUT2D eigenvalue weighted by atomic mass is 10.1. The second-order valence-electron chi connectivity index (χ2n) is 3.26. The third-order valence-electron chi connectivity index (χ3n) is 2.05. The monoisotopic (exact) mass is 173 g/mol. The molecule has 0 aromatic heterocycles. The molecule has 0 amide bonds. The van der Waals surface area contributed by atoms with Crippen LogP contribution in [0.15, 0.2) is 0 Å². The van der Waals surface area contributed by atoms with Gasteiger partial charge in [-0.3, -0.25) is 0 Å². The molecule has 12 heavy (non-hydrogen) atoms. The van der Waals surface area contributed by atoms with Crippen LogP contribution in [0.2, 0.25) is 0 Å². The quantitative estimate of drug-likeness (QED) is 0.535. The van der Waals surface area contributed by atoms with Gasteiger partial charge in [0.25, 0.3) is 0 Å².